The summed E-state index contributed by atoms with van der Waals surface area (Å²) >= 11 is 0. The standard InChI is InChI=1S/C24H31NO6S/c1-24(2,3)31-23(27)25-19(15-26)14-22(32(28,29)20-12-8-5-9-13-20)21(25)17-30-16-18-10-6-4-7-11-18/h4-13,19,21-22,26H,14-17H2,1-3H3/t19-,21+,22?/m0/s1. The predicted octanol–water partition coefficient (Wildman–Crippen LogP) is 3.42. The van der Waals surface area contributed by atoms with Gasteiger partial charge in [-0.25, -0.2) is 13.2 Å². The first-order chi connectivity index (χ1) is 15.1. The Bertz CT molecular complexity index is 988. The van der Waals surface area contributed by atoms with Crippen LogP contribution < -0.4 is 0 Å². The molecule has 1 fully saturated rings. The molecule has 7 nitrogen and oxygen atoms in total. The van der Waals surface area contributed by atoms with Crippen LogP contribution in [0.3, 0.4) is 0 Å². The number of carbonyl (C=O) groups is 1. The van der Waals surface area contributed by atoms with Crippen molar-refractivity contribution in [3.05, 3.63) is 66.2 Å². The Morgan fingerprint density at radius 3 is 2.22 bits per heavy atom. The lowest BCUT2D eigenvalue weighted by atomic mass is 10.2. The molecule has 32 heavy (non-hydrogen) atoms. The maximum absolute atomic E-state index is 13.5. The van der Waals surface area contributed by atoms with Crippen LogP contribution in [0.2, 0.25) is 0 Å². The number of carbonyl (C=O) groups excluding carboxylic acids is 1. The Labute approximate surface area is 189 Å². The van der Waals surface area contributed by atoms with Crippen molar-refractivity contribution >= 4 is 15.9 Å². The molecule has 8 heteroatoms. The van der Waals surface area contributed by atoms with Gasteiger partial charge in [-0.05, 0) is 44.9 Å². The highest BCUT2D eigenvalue weighted by molar-refractivity contribution is 7.92. The van der Waals surface area contributed by atoms with Crippen molar-refractivity contribution in [2.45, 2.75) is 61.6 Å². The number of aliphatic hydroxyl groups excluding tert-OH is 1. The first-order valence-corrected chi connectivity index (χ1v) is 12.2. The molecule has 1 saturated heterocycles. The van der Waals surface area contributed by atoms with E-state index in [9.17, 15) is 18.3 Å². The topological polar surface area (TPSA) is 93.1 Å². The summed E-state index contributed by atoms with van der Waals surface area (Å²) in [6.07, 6.45) is -0.553. The summed E-state index contributed by atoms with van der Waals surface area (Å²) in [5.74, 6) is 0. The van der Waals surface area contributed by atoms with E-state index in [-0.39, 0.29) is 31.1 Å². The smallest absolute Gasteiger partial charge is 0.410 e. The van der Waals surface area contributed by atoms with Gasteiger partial charge in [-0.3, -0.25) is 4.90 Å². The number of aliphatic hydroxyl groups is 1. The molecule has 0 bridgehead atoms. The van der Waals surface area contributed by atoms with Gasteiger partial charge in [-0.2, -0.15) is 0 Å². The second kappa shape index (κ2) is 10.0. The third-order valence-corrected chi connectivity index (χ3v) is 7.60. The fourth-order valence-electron chi connectivity index (χ4n) is 3.93. The monoisotopic (exact) mass is 461 g/mol. The Kier molecular flexibility index (Phi) is 7.59. The van der Waals surface area contributed by atoms with Crippen LogP contribution in [0.4, 0.5) is 4.79 Å². The summed E-state index contributed by atoms with van der Waals surface area (Å²) in [4.78, 5) is 14.6. The largest absolute Gasteiger partial charge is 0.444 e. The summed E-state index contributed by atoms with van der Waals surface area (Å²) in [7, 11) is -3.78. The number of nitrogens with zero attached hydrogens (tertiary/aromatic N) is 1. The summed E-state index contributed by atoms with van der Waals surface area (Å²) in [6, 6.07) is 16.2. The van der Waals surface area contributed by atoms with Crippen molar-refractivity contribution in [3.63, 3.8) is 0 Å². The van der Waals surface area contributed by atoms with Crippen LogP contribution >= 0.6 is 0 Å². The van der Waals surface area contributed by atoms with Crippen LogP contribution in [0.25, 0.3) is 0 Å². The van der Waals surface area contributed by atoms with E-state index in [1.165, 1.54) is 4.90 Å². The average Bonchev–Trinajstić information content (AvgIpc) is 3.13. The van der Waals surface area contributed by atoms with Crippen molar-refractivity contribution in [1.29, 1.82) is 0 Å². The Balaban J connectivity index is 1.90. The van der Waals surface area contributed by atoms with Gasteiger partial charge in [0.15, 0.2) is 9.84 Å². The number of hydrogen-bond donors (Lipinski definition) is 1. The molecule has 3 atom stereocenters. The van der Waals surface area contributed by atoms with Gasteiger partial charge in [0.05, 0.1) is 42.0 Å². The lowest BCUT2D eigenvalue weighted by molar-refractivity contribution is -0.00522. The van der Waals surface area contributed by atoms with Gasteiger partial charge in [0.25, 0.3) is 0 Å². The molecule has 1 aliphatic rings. The quantitative estimate of drug-likeness (QED) is 0.679. The van der Waals surface area contributed by atoms with E-state index < -0.39 is 38.9 Å². The predicted molar refractivity (Wildman–Crippen MR) is 121 cm³/mol. The number of hydrogen-bond acceptors (Lipinski definition) is 6. The highest BCUT2D eigenvalue weighted by atomic mass is 32.2. The zero-order valence-electron chi connectivity index (χ0n) is 18.7. The minimum atomic E-state index is -3.78. The highest BCUT2D eigenvalue weighted by Gasteiger charge is 2.50. The van der Waals surface area contributed by atoms with Gasteiger partial charge in [-0.15, -0.1) is 0 Å². The molecule has 0 aromatic heterocycles. The number of amides is 1. The molecular weight excluding hydrogens is 430 g/mol. The minimum Gasteiger partial charge on any atom is -0.444 e. The average molecular weight is 462 g/mol. The zero-order chi connectivity index (χ0) is 23.4. The second-order valence-electron chi connectivity index (χ2n) is 8.92. The van der Waals surface area contributed by atoms with E-state index >= 15 is 0 Å². The van der Waals surface area contributed by atoms with Gasteiger partial charge >= 0.3 is 6.09 Å². The molecule has 2 aromatic carbocycles. The summed E-state index contributed by atoms with van der Waals surface area (Å²) in [6.45, 7) is 5.15. The van der Waals surface area contributed by atoms with Crippen LogP contribution in [0, 0.1) is 0 Å². The number of rotatable bonds is 7. The van der Waals surface area contributed by atoms with E-state index in [1.54, 1.807) is 51.1 Å². The molecular formula is C24H31NO6S. The summed E-state index contributed by atoms with van der Waals surface area (Å²) in [5.41, 5.74) is 0.179. The van der Waals surface area contributed by atoms with Crippen molar-refractivity contribution in [2.75, 3.05) is 13.2 Å². The Morgan fingerprint density at radius 1 is 1.06 bits per heavy atom. The molecule has 2 aromatic rings. The third kappa shape index (κ3) is 5.68. The van der Waals surface area contributed by atoms with Crippen molar-refractivity contribution in [3.8, 4) is 0 Å². The van der Waals surface area contributed by atoms with Crippen LogP contribution in [0.1, 0.15) is 32.8 Å². The maximum Gasteiger partial charge on any atom is 0.410 e. The van der Waals surface area contributed by atoms with Gasteiger partial charge < -0.3 is 14.6 Å². The fourth-order valence-corrected chi connectivity index (χ4v) is 5.91. The van der Waals surface area contributed by atoms with Gasteiger partial charge in [-0.1, -0.05) is 48.5 Å². The second-order valence-corrected chi connectivity index (χ2v) is 11.1. The van der Waals surface area contributed by atoms with Crippen LogP contribution in [0.5, 0.6) is 0 Å². The van der Waals surface area contributed by atoms with Crippen molar-refractivity contribution in [2.24, 2.45) is 0 Å². The summed E-state index contributed by atoms with van der Waals surface area (Å²) < 4.78 is 38.4. The zero-order valence-corrected chi connectivity index (χ0v) is 19.5. The molecule has 0 saturated carbocycles. The van der Waals surface area contributed by atoms with E-state index in [1.807, 2.05) is 30.3 Å². The fraction of sp³-hybridized carbons (Fsp3) is 0.458. The van der Waals surface area contributed by atoms with Crippen LogP contribution in [-0.2, 0) is 25.9 Å². The lowest BCUT2D eigenvalue weighted by Crippen LogP contribution is -2.49. The Hall–Kier alpha value is -2.42. The minimum absolute atomic E-state index is 0.00136. The first kappa shape index (κ1) is 24.2. The molecule has 3 rings (SSSR count). The highest BCUT2D eigenvalue weighted by Crippen LogP contribution is 2.34. The van der Waals surface area contributed by atoms with Crippen molar-refractivity contribution in [1.82, 2.24) is 4.90 Å². The molecule has 1 amide bonds. The molecule has 1 heterocycles. The SMILES string of the molecule is CC(C)(C)OC(=O)N1[C@H](CO)CC(S(=O)(=O)c2ccccc2)[C@H]1COCc1ccccc1. The first-order valence-electron chi connectivity index (χ1n) is 10.7. The lowest BCUT2D eigenvalue weighted by Gasteiger charge is -2.32. The van der Waals surface area contributed by atoms with E-state index in [0.29, 0.717) is 0 Å². The van der Waals surface area contributed by atoms with Crippen molar-refractivity contribution < 1.29 is 27.8 Å². The number of sulfone groups is 1. The normalized spacial score (nSPS) is 21.5. The third-order valence-electron chi connectivity index (χ3n) is 5.37. The van der Waals surface area contributed by atoms with Crippen LogP contribution in [-0.4, -0.2) is 60.7 Å². The molecule has 1 aliphatic heterocycles. The molecule has 0 radical (unpaired) electrons. The Morgan fingerprint density at radius 2 is 1.66 bits per heavy atom. The van der Waals surface area contributed by atoms with Gasteiger partial charge in [0, 0.05) is 0 Å². The number of likely N-dealkylation sites (tertiary alicyclic amines) is 1. The van der Waals surface area contributed by atoms with E-state index in [4.69, 9.17) is 9.47 Å². The molecule has 1 N–H and O–H groups in total. The van der Waals surface area contributed by atoms with E-state index in [2.05, 4.69) is 0 Å². The van der Waals surface area contributed by atoms with Gasteiger partial charge in [0.2, 0.25) is 0 Å². The maximum atomic E-state index is 13.5. The number of benzene rings is 2. The summed E-state index contributed by atoms with van der Waals surface area (Å²) in [5, 5.41) is 9.05. The number of ether oxygens (including phenoxy) is 2. The van der Waals surface area contributed by atoms with Gasteiger partial charge in [0.1, 0.15) is 5.60 Å². The molecule has 0 spiro atoms. The molecule has 174 valence electrons. The molecule has 1 unspecified atom stereocenters. The van der Waals surface area contributed by atoms with Crippen LogP contribution in [0.15, 0.2) is 65.6 Å². The van der Waals surface area contributed by atoms with E-state index in [0.717, 1.165) is 5.56 Å². The molecule has 0 aliphatic carbocycles.